The molecule has 0 bridgehead atoms. The minimum atomic E-state index is -1.28. The molecule has 29 heavy (non-hydrogen) atoms. The summed E-state index contributed by atoms with van der Waals surface area (Å²) >= 11 is 6.23. The van der Waals surface area contributed by atoms with Gasteiger partial charge in [-0.25, -0.2) is 4.79 Å². The lowest BCUT2D eigenvalue weighted by Crippen LogP contribution is -2.44. The monoisotopic (exact) mass is 411 g/mol. The molecule has 4 amide bonds. The summed E-state index contributed by atoms with van der Waals surface area (Å²) < 4.78 is 5.53. The Kier molecular flexibility index (Phi) is 4.76. The van der Waals surface area contributed by atoms with Crippen LogP contribution in [-0.4, -0.2) is 17.8 Å². The van der Waals surface area contributed by atoms with Gasteiger partial charge in [0.15, 0.2) is 5.58 Å². The van der Waals surface area contributed by atoms with E-state index in [0.717, 1.165) is 11.1 Å². The zero-order valence-electron chi connectivity index (χ0n) is 15.5. The summed E-state index contributed by atoms with van der Waals surface area (Å²) in [6.07, 6.45) is 0.129. The van der Waals surface area contributed by atoms with Crippen LogP contribution in [0.15, 0.2) is 52.9 Å². The molecule has 0 aliphatic carbocycles. The van der Waals surface area contributed by atoms with Gasteiger partial charge in [-0.15, -0.1) is 0 Å². The fourth-order valence-electron chi connectivity index (χ4n) is 3.57. The second-order valence-electron chi connectivity index (χ2n) is 6.96. The highest BCUT2D eigenvalue weighted by Gasteiger charge is 2.47. The fourth-order valence-corrected chi connectivity index (χ4v) is 3.84. The van der Waals surface area contributed by atoms with Crippen LogP contribution >= 0.6 is 11.6 Å². The molecule has 7 nitrogen and oxygen atoms in total. The molecule has 3 aromatic rings. The van der Waals surface area contributed by atoms with E-state index in [1.807, 2.05) is 19.1 Å². The van der Waals surface area contributed by atoms with Crippen LogP contribution < -0.4 is 16.0 Å². The minimum absolute atomic E-state index is 0.0165. The lowest BCUT2D eigenvalue weighted by molar-refractivity contribution is -0.125. The van der Waals surface area contributed by atoms with Crippen molar-refractivity contribution < 1.29 is 18.8 Å². The first-order valence-corrected chi connectivity index (χ1v) is 9.44. The summed E-state index contributed by atoms with van der Waals surface area (Å²) in [5, 5.41) is 8.91. The maximum Gasteiger partial charge on any atom is 0.322 e. The van der Waals surface area contributed by atoms with Crippen molar-refractivity contribution in [2.24, 2.45) is 0 Å². The number of amides is 4. The molecule has 0 spiro atoms. The number of furan rings is 1. The summed E-state index contributed by atoms with van der Waals surface area (Å²) in [7, 11) is 0. The van der Waals surface area contributed by atoms with Crippen LogP contribution in [0.1, 0.15) is 24.2 Å². The molecule has 3 N–H and O–H groups in total. The number of fused-ring (bicyclic) bond motifs is 1. The molecular formula is C21H18ClN3O4. The van der Waals surface area contributed by atoms with Crippen LogP contribution in [0, 0.1) is 6.92 Å². The molecule has 148 valence electrons. The molecule has 0 saturated carbocycles. The van der Waals surface area contributed by atoms with E-state index in [0.29, 0.717) is 21.9 Å². The smallest absolute Gasteiger partial charge is 0.322 e. The Hall–Kier alpha value is -3.32. The average Bonchev–Trinajstić information content (AvgIpc) is 3.20. The Labute approximate surface area is 171 Å². The van der Waals surface area contributed by atoms with E-state index in [9.17, 15) is 14.4 Å². The summed E-state index contributed by atoms with van der Waals surface area (Å²) in [4.78, 5) is 36.9. The molecule has 1 saturated heterocycles. The Bertz CT molecular complexity index is 1130. The summed E-state index contributed by atoms with van der Waals surface area (Å²) in [6, 6.07) is 13.5. The van der Waals surface area contributed by atoms with Gasteiger partial charge in [0, 0.05) is 17.5 Å². The van der Waals surface area contributed by atoms with Gasteiger partial charge in [-0.1, -0.05) is 41.9 Å². The van der Waals surface area contributed by atoms with Crippen molar-refractivity contribution in [1.82, 2.24) is 10.6 Å². The molecule has 8 heteroatoms. The number of halogens is 1. The molecule has 1 aliphatic heterocycles. The number of nitrogens with one attached hydrogen (secondary N) is 3. The number of imide groups is 1. The molecule has 2 aromatic carbocycles. The van der Waals surface area contributed by atoms with Crippen molar-refractivity contribution in [1.29, 1.82) is 0 Å². The van der Waals surface area contributed by atoms with Gasteiger partial charge < -0.3 is 15.1 Å². The van der Waals surface area contributed by atoms with Crippen LogP contribution in [0.2, 0.25) is 5.02 Å². The van der Waals surface area contributed by atoms with E-state index in [4.69, 9.17) is 16.0 Å². The normalized spacial score (nSPS) is 18.6. The maximum atomic E-state index is 12.6. The number of benzene rings is 2. The molecule has 1 fully saturated rings. The van der Waals surface area contributed by atoms with Crippen LogP contribution in [0.25, 0.3) is 11.0 Å². The number of anilines is 1. The van der Waals surface area contributed by atoms with Gasteiger partial charge in [-0.3, -0.25) is 14.9 Å². The van der Waals surface area contributed by atoms with Crippen molar-refractivity contribution in [3.63, 3.8) is 0 Å². The summed E-state index contributed by atoms with van der Waals surface area (Å²) in [5.41, 5.74) is 0.436. The van der Waals surface area contributed by atoms with Gasteiger partial charge in [0.1, 0.15) is 11.3 Å². The van der Waals surface area contributed by atoms with Crippen LogP contribution in [-0.2, 0) is 15.1 Å². The molecule has 0 unspecified atom stereocenters. The third-order valence-electron chi connectivity index (χ3n) is 4.91. The quantitative estimate of drug-likeness (QED) is 0.555. The third-order valence-corrected chi connectivity index (χ3v) is 5.19. The molecule has 1 aliphatic rings. The molecule has 4 rings (SSSR count). The maximum absolute atomic E-state index is 12.6. The first kappa shape index (κ1) is 19.0. The number of carbonyl (C=O) groups excluding carboxylic acids is 3. The van der Waals surface area contributed by atoms with Gasteiger partial charge in [-0.05, 0) is 37.1 Å². The average molecular weight is 412 g/mol. The highest BCUT2D eigenvalue weighted by atomic mass is 35.5. The number of hydrogen-bond acceptors (Lipinski definition) is 4. The Morgan fingerprint density at radius 3 is 2.62 bits per heavy atom. The molecule has 1 atom stereocenters. The Morgan fingerprint density at radius 2 is 1.93 bits per heavy atom. The van der Waals surface area contributed by atoms with Crippen LogP contribution in [0.5, 0.6) is 0 Å². The third kappa shape index (κ3) is 3.56. The van der Waals surface area contributed by atoms with Crippen molar-refractivity contribution in [3.05, 3.63) is 64.9 Å². The van der Waals surface area contributed by atoms with E-state index < -0.39 is 17.5 Å². The van der Waals surface area contributed by atoms with E-state index in [1.54, 1.807) is 36.4 Å². The largest absolute Gasteiger partial charge is 0.460 e. The number of urea groups is 1. The van der Waals surface area contributed by atoms with E-state index in [-0.39, 0.29) is 18.7 Å². The van der Waals surface area contributed by atoms with E-state index in [2.05, 4.69) is 16.0 Å². The standard InChI is InChI=1S/C21H18ClN3O4/c1-12-9-13-10-15(11-16(22)18(13)29-12)23-17(26)7-8-21(14-5-3-2-4-6-14)19(27)24-20(28)25-21/h2-6,9-11H,7-8H2,1H3,(H,23,26)(H2,24,25,27,28)/t21-/m0/s1. The number of hydrogen-bond donors (Lipinski definition) is 3. The van der Waals surface area contributed by atoms with Gasteiger partial charge in [0.05, 0.1) is 5.02 Å². The predicted octanol–water partition coefficient (Wildman–Crippen LogP) is 3.85. The topological polar surface area (TPSA) is 100 Å². The molecule has 1 aromatic heterocycles. The fraction of sp³-hybridized carbons (Fsp3) is 0.190. The zero-order valence-corrected chi connectivity index (χ0v) is 16.3. The number of aryl methyl sites for hydroxylation is 1. The molecule has 2 heterocycles. The molecule has 0 radical (unpaired) electrons. The van der Waals surface area contributed by atoms with Crippen LogP contribution in [0.4, 0.5) is 10.5 Å². The highest BCUT2D eigenvalue weighted by Crippen LogP contribution is 2.32. The SMILES string of the molecule is Cc1cc2cc(NC(=O)CC[C@@]3(c4ccccc4)NC(=O)NC3=O)cc(Cl)c2o1. The van der Waals surface area contributed by atoms with Crippen molar-refractivity contribution in [2.45, 2.75) is 25.3 Å². The van der Waals surface area contributed by atoms with Crippen molar-refractivity contribution >= 4 is 46.1 Å². The van der Waals surface area contributed by atoms with E-state index in [1.165, 1.54) is 0 Å². The summed E-state index contributed by atoms with van der Waals surface area (Å²) in [5.74, 6) is -0.0529. The lowest BCUT2D eigenvalue weighted by atomic mass is 9.85. The first-order valence-electron chi connectivity index (χ1n) is 9.06. The Balaban J connectivity index is 1.52. The van der Waals surface area contributed by atoms with Gasteiger partial charge in [0.25, 0.3) is 5.91 Å². The van der Waals surface area contributed by atoms with Crippen LogP contribution in [0.3, 0.4) is 0 Å². The summed E-state index contributed by atoms with van der Waals surface area (Å²) in [6.45, 7) is 1.82. The highest BCUT2D eigenvalue weighted by molar-refractivity contribution is 6.35. The van der Waals surface area contributed by atoms with Crippen molar-refractivity contribution in [2.75, 3.05) is 5.32 Å². The zero-order chi connectivity index (χ0) is 20.6. The minimum Gasteiger partial charge on any atom is -0.460 e. The second-order valence-corrected chi connectivity index (χ2v) is 7.37. The number of rotatable bonds is 5. The lowest BCUT2D eigenvalue weighted by Gasteiger charge is -2.26. The first-order chi connectivity index (χ1) is 13.9. The number of carbonyl (C=O) groups is 3. The van der Waals surface area contributed by atoms with Gasteiger partial charge in [-0.2, -0.15) is 0 Å². The van der Waals surface area contributed by atoms with E-state index >= 15 is 0 Å². The Morgan fingerprint density at radius 1 is 1.17 bits per heavy atom. The predicted molar refractivity (Wildman–Crippen MR) is 109 cm³/mol. The van der Waals surface area contributed by atoms with Gasteiger partial charge >= 0.3 is 6.03 Å². The second kappa shape index (κ2) is 7.25. The van der Waals surface area contributed by atoms with Gasteiger partial charge in [0.2, 0.25) is 5.91 Å². The van der Waals surface area contributed by atoms with Crippen molar-refractivity contribution in [3.8, 4) is 0 Å². The molecular weight excluding hydrogens is 394 g/mol.